The summed E-state index contributed by atoms with van der Waals surface area (Å²) in [5, 5.41) is 0. The van der Waals surface area contributed by atoms with Crippen molar-refractivity contribution in [2.45, 2.75) is 13.8 Å². The molecular formula is C10H14O. The lowest BCUT2D eigenvalue weighted by molar-refractivity contribution is -0.118. The predicted molar refractivity (Wildman–Crippen MR) is 48.3 cm³/mol. The molecule has 1 atom stereocenters. The van der Waals surface area contributed by atoms with Crippen LogP contribution in [0.3, 0.4) is 0 Å². The van der Waals surface area contributed by atoms with Crippen LogP contribution in [0.1, 0.15) is 13.8 Å². The average Bonchev–Trinajstić information content (AvgIpc) is 1.97. The van der Waals surface area contributed by atoms with E-state index < -0.39 is 0 Å². The first-order valence-electron chi connectivity index (χ1n) is 3.65. The first-order valence-corrected chi connectivity index (χ1v) is 3.65. The van der Waals surface area contributed by atoms with Crippen molar-refractivity contribution in [2.24, 2.45) is 5.92 Å². The van der Waals surface area contributed by atoms with Crippen LogP contribution in [0, 0.1) is 5.92 Å². The van der Waals surface area contributed by atoms with E-state index >= 15 is 0 Å². The number of carbonyl (C=O) groups excluding carboxylic acids is 1. The van der Waals surface area contributed by atoms with Gasteiger partial charge in [0.1, 0.15) is 5.78 Å². The molecule has 0 bridgehead atoms. The van der Waals surface area contributed by atoms with Gasteiger partial charge < -0.3 is 0 Å². The van der Waals surface area contributed by atoms with Gasteiger partial charge in [0.25, 0.3) is 0 Å². The second kappa shape index (κ2) is 5.66. The highest BCUT2D eigenvalue weighted by molar-refractivity contribution is 5.79. The monoisotopic (exact) mass is 150 g/mol. The molecule has 0 aliphatic heterocycles. The van der Waals surface area contributed by atoms with E-state index in [0.717, 1.165) is 0 Å². The van der Waals surface area contributed by atoms with Crippen molar-refractivity contribution >= 4 is 5.78 Å². The van der Waals surface area contributed by atoms with Gasteiger partial charge >= 0.3 is 0 Å². The Balaban J connectivity index is 3.82. The molecule has 0 aromatic rings. The molecule has 0 fully saturated rings. The van der Waals surface area contributed by atoms with Crippen molar-refractivity contribution in [3.63, 3.8) is 0 Å². The van der Waals surface area contributed by atoms with Gasteiger partial charge in [-0.2, -0.15) is 0 Å². The van der Waals surface area contributed by atoms with Crippen molar-refractivity contribution in [1.82, 2.24) is 0 Å². The zero-order chi connectivity index (χ0) is 8.69. The highest BCUT2D eigenvalue weighted by Crippen LogP contribution is 1.97. The van der Waals surface area contributed by atoms with Gasteiger partial charge in [0.2, 0.25) is 0 Å². The van der Waals surface area contributed by atoms with Crippen LogP contribution < -0.4 is 0 Å². The molecular weight excluding hydrogens is 136 g/mol. The molecule has 1 heteroatoms. The van der Waals surface area contributed by atoms with Gasteiger partial charge in [0, 0.05) is 5.92 Å². The topological polar surface area (TPSA) is 17.1 Å². The number of allylic oxidation sites excluding steroid dienone is 5. The van der Waals surface area contributed by atoms with Gasteiger partial charge in [0.05, 0.1) is 0 Å². The normalized spacial score (nSPS) is 14.0. The Morgan fingerprint density at radius 2 is 2.00 bits per heavy atom. The third-order valence-electron chi connectivity index (χ3n) is 1.40. The van der Waals surface area contributed by atoms with Gasteiger partial charge in [-0.25, -0.2) is 0 Å². The Hall–Kier alpha value is -1.11. The standard InChI is InChI=1S/C10H14O/c1-4-5-6-7-8-9(2)10(3)11/h4-9H,1H2,2-3H3/b6-5-,8-7-. The van der Waals surface area contributed by atoms with Crippen LogP contribution in [0.5, 0.6) is 0 Å². The molecule has 0 spiro atoms. The van der Waals surface area contributed by atoms with E-state index in [1.165, 1.54) is 0 Å². The molecule has 0 aromatic carbocycles. The average molecular weight is 150 g/mol. The maximum Gasteiger partial charge on any atom is 0.136 e. The summed E-state index contributed by atoms with van der Waals surface area (Å²) in [6, 6.07) is 0. The van der Waals surface area contributed by atoms with Crippen LogP contribution in [0.4, 0.5) is 0 Å². The number of carbonyl (C=O) groups is 1. The number of Topliss-reactive ketones (excluding diaryl/α,β-unsaturated/α-hetero) is 1. The van der Waals surface area contributed by atoms with Gasteiger partial charge in [-0.1, -0.05) is 43.9 Å². The number of hydrogen-bond acceptors (Lipinski definition) is 1. The minimum absolute atomic E-state index is 0.0180. The molecule has 60 valence electrons. The first-order chi connectivity index (χ1) is 5.18. The Morgan fingerprint density at radius 1 is 1.36 bits per heavy atom. The Labute approximate surface area is 68.1 Å². The summed E-state index contributed by atoms with van der Waals surface area (Å²) in [6.45, 7) is 6.99. The summed E-state index contributed by atoms with van der Waals surface area (Å²) in [5.74, 6) is 0.206. The molecule has 0 saturated heterocycles. The van der Waals surface area contributed by atoms with Crippen molar-refractivity contribution < 1.29 is 4.79 Å². The van der Waals surface area contributed by atoms with Crippen LogP contribution in [0.25, 0.3) is 0 Å². The van der Waals surface area contributed by atoms with Crippen molar-refractivity contribution in [3.05, 3.63) is 37.0 Å². The molecule has 0 radical (unpaired) electrons. The van der Waals surface area contributed by atoms with Crippen LogP contribution in [0.2, 0.25) is 0 Å². The smallest absolute Gasteiger partial charge is 0.136 e. The van der Waals surface area contributed by atoms with Crippen molar-refractivity contribution in [1.29, 1.82) is 0 Å². The molecule has 0 aliphatic carbocycles. The van der Waals surface area contributed by atoms with Gasteiger partial charge in [-0.3, -0.25) is 4.79 Å². The summed E-state index contributed by atoms with van der Waals surface area (Å²) in [5.41, 5.74) is 0. The number of rotatable bonds is 4. The molecule has 11 heavy (non-hydrogen) atoms. The summed E-state index contributed by atoms with van der Waals surface area (Å²) < 4.78 is 0. The predicted octanol–water partition coefficient (Wildman–Crippen LogP) is 2.51. The lowest BCUT2D eigenvalue weighted by atomic mass is 10.1. The number of ketones is 1. The summed E-state index contributed by atoms with van der Waals surface area (Å²) in [4.78, 5) is 10.7. The lowest BCUT2D eigenvalue weighted by Crippen LogP contribution is -2.01. The molecule has 0 amide bonds. The van der Waals surface area contributed by atoms with E-state index in [2.05, 4.69) is 6.58 Å². The minimum atomic E-state index is 0.0180. The van der Waals surface area contributed by atoms with E-state index in [4.69, 9.17) is 0 Å². The van der Waals surface area contributed by atoms with Gasteiger partial charge in [0.15, 0.2) is 0 Å². The Bertz CT molecular complexity index is 187. The van der Waals surface area contributed by atoms with Crippen molar-refractivity contribution in [2.75, 3.05) is 0 Å². The van der Waals surface area contributed by atoms with E-state index in [1.54, 1.807) is 13.0 Å². The summed E-state index contributed by atoms with van der Waals surface area (Å²) in [7, 11) is 0. The molecule has 0 aliphatic rings. The highest BCUT2D eigenvalue weighted by Gasteiger charge is 1.99. The van der Waals surface area contributed by atoms with Crippen LogP contribution in [0.15, 0.2) is 37.0 Å². The van der Waals surface area contributed by atoms with Crippen molar-refractivity contribution in [3.8, 4) is 0 Å². The summed E-state index contributed by atoms with van der Waals surface area (Å²) in [6.07, 6.45) is 9.09. The fourth-order valence-electron chi connectivity index (χ4n) is 0.509. The van der Waals surface area contributed by atoms with E-state index in [0.29, 0.717) is 0 Å². The molecule has 0 N–H and O–H groups in total. The second-order valence-corrected chi connectivity index (χ2v) is 2.40. The van der Waals surface area contributed by atoms with Crippen LogP contribution >= 0.6 is 0 Å². The van der Waals surface area contributed by atoms with Crippen LogP contribution in [-0.2, 0) is 4.79 Å². The van der Waals surface area contributed by atoms with Gasteiger partial charge in [-0.05, 0) is 6.92 Å². The van der Waals surface area contributed by atoms with Gasteiger partial charge in [-0.15, -0.1) is 0 Å². The van der Waals surface area contributed by atoms with E-state index in [-0.39, 0.29) is 11.7 Å². The highest BCUT2D eigenvalue weighted by atomic mass is 16.1. The Morgan fingerprint density at radius 3 is 2.45 bits per heavy atom. The first kappa shape index (κ1) is 9.89. The maximum atomic E-state index is 10.7. The molecule has 0 saturated carbocycles. The van der Waals surface area contributed by atoms with Crippen LogP contribution in [-0.4, -0.2) is 5.78 Å². The third kappa shape index (κ3) is 5.34. The third-order valence-corrected chi connectivity index (χ3v) is 1.40. The summed E-state index contributed by atoms with van der Waals surface area (Å²) >= 11 is 0. The fraction of sp³-hybridized carbons (Fsp3) is 0.300. The minimum Gasteiger partial charge on any atom is -0.299 e. The largest absolute Gasteiger partial charge is 0.299 e. The zero-order valence-electron chi connectivity index (χ0n) is 7.08. The molecule has 0 aromatic heterocycles. The quantitative estimate of drug-likeness (QED) is 0.563. The number of hydrogen-bond donors (Lipinski definition) is 0. The molecule has 1 nitrogen and oxygen atoms in total. The van der Waals surface area contributed by atoms with E-state index in [1.807, 2.05) is 31.2 Å². The van der Waals surface area contributed by atoms with E-state index in [9.17, 15) is 4.79 Å². The zero-order valence-corrected chi connectivity index (χ0v) is 7.08. The fourth-order valence-corrected chi connectivity index (χ4v) is 0.509. The molecule has 0 rings (SSSR count). The molecule has 0 heterocycles. The SMILES string of the molecule is C=C/C=C\C=C/C(C)C(C)=O. The molecule has 1 unspecified atom stereocenters. The second-order valence-electron chi connectivity index (χ2n) is 2.40. The lowest BCUT2D eigenvalue weighted by Gasteiger charge is -1.95. The maximum absolute atomic E-state index is 10.7. The Kier molecular flexibility index (Phi) is 5.09.